The lowest BCUT2D eigenvalue weighted by atomic mass is 10.0. The molecule has 3 aromatic rings. The predicted molar refractivity (Wildman–Crippen MR) is 124 cm³/mol. The number of amides is 3. The molecule has 4 rings (SSSR count). The summed E-state index contributed by atoms with van der Waals surface area (Å²) in [6.07, 6.45) is 0.214. The first-order valence-corrected chi connectivity index (χ1v) is 10.9. The molecular formula is C26H27N3O3. The van der Waals surface area contributed by atoms with Crippen molar-refractivity contribution in [1.29, 1.82) is 0 Å². The highest BCUT2D eigenvalue weighted by atomic mass is 16.2. The van der Waals surface area contributed by atoms with Crippen LogP contribution in [0.1, 0.15) is 35.3 Å². The smallest absolute Gasteiger partial charge is 0.251 e. The highest BCUT2D eigenvalue weighted by Gasteiger charge is 2.36. The van der Waals surface area contributed by atoms with Crippen LogP contribution in [0.25, 0.3) is 10.8 Å². The van der Waals surface area contributed by atoms with E-state index in [4.69, 9.17) is 0 Å². The van der Waals surface area contributed by atoms with Crippen molar-refractivity contribution in [2.45, 2.75) is 19.4 Å². The highest BCUT2D eigenvalue weighted by Crippen LogP contribution is 2.28. The van der Waals surface area contributed by atoms with Crippen LogP contribution in [0, 0.1) is 5.92 Å². The molecule has 2 atom stereocenters. The zero-order valence-corrected chi connectivity index (χ0v) is 18.1. The molecule has 2 unspecified atom stereocenters. The first-order valence-electron chi connectivity index (χ1n) is 10.9. The number of benzene rings is 3. The molecule has 0 spiro atoms. The maximum absolute atomic E-state index is 12.6. The minimum atomic E-state index is -0.373. The maximum atomic E-state index is 12.6. The summed E-state index contributed by atoms with van der Waals surface area (Å²) in [7, 11) is 0. The molecule has 0 aliphatic carbocycles. The Morgan fingerprint density at radius 1 is 0.938 bits per heavy atom. The van der Waals surface area contributed by atoms with Crippen LogP contribution < -0.4 is 10.6 Å². The Kier molecular flexibility index (Phi) is 6.50. The number of nitrogens with zero attached hydrogens (tertiary/aromatic N) is 1. The summed E-state index contributed by atoms with van der Waals surface area (Å²) < 4.78 is 0. The Balaban J connectivity index is 1.26. The van der Waals surface area contributed by atoms with E-state index in [0.29, 0.717) is 25.2 Å². The molecule has 3 aromatic carbocycles. The quantitative estimate of drug-likeness (QED) is 0.566. The molecule has 0 radical (unpaired) electrons. The number of fused-ring (bicyclic) bond motifs is 1. The molecule has 2 N–H and O–H groups in total. The number of carbonyl (C=O) groups is 3. The Morgan fingerprint density at radius 3 is 2.44 bits per heavy atom. The van der Waals surface area contributed by atoms with Crippen molar-refractivity contribution in [3.05, 3.63) is 83.9 Å². The van der Waals surface area contributed by atoms with Gasteiger partial charge in [-0.3, -0.25) is 14.4 Å². The summed E-state index contributed by atoms with van der Waals surface area (Å²) in [6, 6.07) is 23.1. The Hall–Kier alpha value is -3.67. The van der Waals surface area contributed by atoms with Gasteiger partial charge in [-0.1, -0.05) is 66.7 Å². The zero-order chi connectivity index (χ0) is 22.5. The predicted octanol–water partition coefficient (Wildman–Crippen LogP) is 3.30. The summed E-state index contributed by atoms with van der Waals surface area (Å²) in [4.78, 5) is 39.4. The van der Waals surface area contributed by atoms with Gasteiger partial charge < -0.3 is 15.5 Å². The van der Waals surface area contributed by atoms with Gasteiger partial charge in [0.05, 0.1) is 12.0 Å². The number of rotatable bonds is 7. The number of likely N-dealkylation sites (tertiary alicyclic amines) is 1. The second-order valence-electron chi connectivity index (χ2n) is 8.11. The molecule has 6 heteroatoms. The highest BCUT2D eigenvalue weighted by molar-refractivity contribution is 6.07. The second-order valence-corrected chi connectivity index (χ2v) is 8.11. The fraction of sp³-hybridized carbons (Fsp3) is 0.269. The number of hydrogen-bond acceptors (Lipinski definition) is 3. The van der Waals surface area contributed by atoms with Crippen LogP contribution in [0.15, 0.2) is 72.8 Å². The number of hydrogen-bond donors (Lipinski definition) is 2. The Labute approximate surface area is 187 Å². The first kappa shape index (κ1) is 21.6. The van der Waals surface area contributed by atoms with Crippen molar-refractivity contribution in [2.24, 2.45) is 5.92 Å². The van der Waals surface area contributed by atoms with E-state index < -0.39 is 0 Å². The third kappa shape index (κ3) is 4.64. The van der Waals surface area contributed by atoms with Crippen LogP contribution in [0.2, 0.25) is 0 Å². The van der Waals surface area contributed by atoms with E-state index in [9.17, 15) is 14.4 Å². The molecule has 1 fully saturated rings. The van der Waals surface area contributed by atoms with Gasteiger partial charge in [0.15, 0.2) is 0 Å². The van der Waals surface area contributed by atoms with Gasteiger partial charge in [0.25, 0.3) is 5.91 Å². The van der Waals surface area contributed by atoms with E-state index >= 15 is 0 Å². The molecule has 1 heterocycles. The van der Waals surface area contributed by atoms with Gasteiger partial charge in [-0.15, -0.1) is 0 Å². The largest absolute Gasteiger partial charge is 0.354 e. The number of nitrogens with one attached hydrogen (secondary N) is 2. The van der Waals surface area contributed by atoms with Gasteiger partial charge in [-0.25, -0.2) is 0 Å². The van der Waals surface area contributed by atoms with Gasteiger partial charge in [-0.2, -0.15) is 0 Å². The van der Waals surface area contributed by atoms with E-state index in [1.54, 1.807) is 11.0 Å². The molecule has 0 bridgehead atoms. The molecule has 1 aliphatic heterocycles. The maximum Gasteiger partial charge on any atom is 0.251 e. The summed E-state index contributed by atoms with van der Waals surface area (Å²) in [5.74, 6) is -0.705. The van der Waals surface area contributed by atoms with Gasteiger partial charge in [-0.05, 0) is 29.3 Å². The van der Waals surface area contributed by atoms with Crippen LogP contribution in [-0.2, 0) is 9.59 Å². The molecule has 1 saturated heterocycles. The monoisotopic (exact) mass is 429 g/mol. The molecule has 32 heavy (non-hydrogen) atoms. The van der Waals surface area contributed by atoms with E-state index in [2.05, 4.69) is 10.6 Å². The lowest BCUT2D eigenvalue weighted by Gasteiger charge is -2.25. The third-order valence-electron chi connectivity index (χ3n) is 6.02. The van der Waals surface area contributed by atoms with Gasteiger partial charge in [0.1, 0.15) is 0 Å². The van der Waals surface area contributed by atoms with Crippen molar-refractivity contribution in [3.63, 3.8) is 0 Å². The van der Waals surface area contributed by atoms with Crippen LogP contribution in [0.3, 0.4) is 0 Å². The van der Waals surface area contributed by atoms with E-state index in [0.717, 1.165) is 16.3 Å². The van der Waals surface area contributed by atoms with E-state index in [-0.39, 0.29) is 36.1 Å². The fourth-order valence-electron chi connectivity index (χ4n) is 4.22. The lowest BCUT2D eigenvalue weighted by Crippen LogP contribution is -2.38. The second kappa shape index (κ2) is 9.64. The van der Waals surface area contributed by atoms with E-state index in [1.165, 1.54) is 0 Å². The van der Waals surface area contributed by atoms with Crippen molar-refractivity contribution in [2.75, 3.05) is 19.6 Å². The minimum absolute atomic E-state index is 0.00855. The lowest BCUT2D eigenvalue weighted by molar-refractivity contribution is -0.130. The van der Waals surface area contributed by atoms with E-state index in [1.807, 2.05) is 73.7 Å². The molecule has 1 aliphatic rings. The normalized spacial score (nSPS) is 16.7. The van der Waals surface area contributed by atoms with Crippen LogP contribution in [-0.4, -0.2) is 42.3 Å². The zero-order valence-electron chi connectivity index (χ0n) is 18.1. The average Bonchev–Trinajstić information content (AvgIpc) is 3.23. The molecular weight excluding hydrogens is 402 g/mol. The van der Waals surface area contributed by atoms with Gasteiger partial charge in [0, 0.05) is 31.6 Å². The standard InChI is InChI=1S/C26H27N3O3/c1-18(19-8-3-2-4-9-19)29-17-21(16-24(29)30)25(31)27-14-15-28-26(32)23-13-7-11-20-10-5-6-12-22(20)23/h2-13,18,21H,14-17H2,1H3,(H,27,31)(H,28,32). The molecule has 3 amide bonds. The first-order chi connectivity index (χ1) is 15.5. The topological polar surface area (TPSA) is 78.5 Å². The van der Waals surface area contributed by atoms with Crippen molar-refractivity contribution >= 4 is 28.5 Å². The molecule has 0 saturated carbocycles. The molecule has 6 nitrogen and oxygen atoms in total. The average molecular weight is 430 g/mol. The van der Waals surface area contributed by atoms with Crippen molar-refractivity contribution < 1.29 is 14.4 Å². The summed E-state index contributed by atoms with van der Waals surface area (Å²) in [6.45, 7) is 3.02. The summed E-state index contributed by atoms with van der Waals surface area (Å²) >= 11 is 0. The SMILES string of the molecule is CC(c1ccccc1)N1CC(C(=O)NCCNC(=O)c2cccc3ccccc23)CC1=O. The fourth-order valence-corrected chi connectivity index (χ4v) is 4.22. The van der Waals surface area contributed by atoms with Gasteiger partial charge >= 0.3 is 0 Å². The van der Waals surface area contributed by atoms with Crippen LogP contribution >= 0.6 is 0 Å². The molecule has 164 valence electrons. The third-order valence-corrected chi connectivity index (χ3v) is 6.02. The van der Waals surface area contributed by atoms with Crippen molar-refractivity contribution in [3.8, 4) is 0 Å². The Bertz CT molecular complexity index is 1120. The Morgan fingerprint density at radius 2 is 1.62 bits per heavy atom. The van der Waals surface area contributed by atoms with Crippen LogP contribution in [0.4, 0.5) is 0 Å². The molecule has 0 aromatic heterocycles. The summed E-state index contributed by atoms with van der Waals surface area (Å²) in [5.41, 5.74) is 1.67. The number of carbonyl (C=O) groups excluding carboxylic acids is 3. The summed E-state index contributed by atoms with van der Waals surface area (Å²) in [5, 5.41) is 7.62. The van der Waals surface area contributed by atoms with Crippen molar-refractivity contribution in [1.82, 2.24) is 15.5 Å². The van der Waals surface area contributed by atoms with Gasteiger partial charge in [0.2, 0.25) is 11.8 Å². The van der Waals surface area contributed by atoms with Crippen LogP contribution in [0.5, 0.6) is 0 Å². The minimum Gasteiger partial charge on any atom is -0.354 e.